The third-order valence-electron chi connectivity index (χ3n) is 5.07. The van der Waals surface area contributed by atoms with Crippen LogP contribution in [0.2, 0.25) is 0 Å². The molecule has 1 unspecified atom stereocenters. The third kappa shape index (κ3) is 4.56. The van der Waals surface area contributed by atoms with E-state index in [9.17, 15) is 4.79 Å². The minimum Gasteiger partial charge on any atom is -0.444 e. The van der Waals surface area contributed by atoms with Crippen LogP contribution in [0.4, 0.5) is 4.79 Å². The molecule has 2 heterocycles. The van der Waals surface area contributed by atoms with Crippen molar-refractivity contribution in [2.75, 3.05) is 26.3 Å². The first kappa shape index (κ1) is 20.2. The van der Waals surface area contributed by atoms with Crippen molar-refractivity contribution in [2.45, 2.75) is 38.5 Å². The van der Waals surface area contributed by atoms with E-state index >= 15 is 0 Å². The molecular weight excluding hydrogens is 434 g/mol. The molecule has 1 fully saturated rings. The van der Waals surface area contributed by atoms with Gasteiger partial charge < -0.3 is 14.8 Å². The van der Waals surface area contributed by atoms with Crippen LogP contribution in [0.3, 0.4) is 0 Å². The summed E-state index contributed by atoms with van der Waals surface area (Å²) in [6.45, 7) is 7.68. The maximum atomic E-state index is 12.7. The molecule has 2 aromatic carbocycles. The lowest BCUT2D eigenvalue weighted by Gasteiger charge is -2.36. The van der Waals surface area contributed by atoms with Crippen LogP contribution in [0.5, 0.6) is 0 Å². The molecule has 0 radical (unpaired) electrons. The molecule has 6 nitrogen and oxygen atoms in total. The summed E-state index contributed by atoms with van der Waals surface area (Å²) in [4.78, 5) is 19.1. The number of amides is 1. The van der Waals surface area contributed by atoms with E-state index in [1.165, 1.54) is 16.3 Å². The molecular formula is C22H26BrN3O3. The summed E-state index contributed by atoms with van der Waals surface area (Å²) < 4.78 is 12.3. The fourth-order valence-electron chi connectivity index (χ4n) is 3.67. The summed E-state index contributed by atoms with van der Waals surface area (Å²) in [5, 5.41) is 5.90. The Balaban J connectivity index is 1.49. The second-order valence-electron chi connectivity index (χ2n) is 8.44. The number of amidine groups is 1. The molecule has 2 aliphatic rings. The van der Waals surface area contributed by atoms with Crippen molar-refractivity contribution in [1.29, 1.82) is 0 Å². The zero-order valence-electron chi connectivity index (χ0n) is 16.9. The van der Waals surface area contributed by atoms with Crippen molar-refractivity contribution in [3.8, 4) is 0 Å². The second-order valence-corrected chi connectivity index (χ2v) is 9.35. The van der Waals surface area contributed by atoms with E-state index in [0.717, 1.165) is 10.3 Å². The predicted molar refractivity (Wildman–Crippen MR) is 117 cm³/mol. The fraction of sp³-hybridized carbons (Fsp3) is 0.455. The first-order valence-electron chi connectivity index (χ1n) is 9.88. The van der Waals surface area contributed by atoms with Crippen LogP contribution in [0.25, 0.3) is 10.8 Å². The zero-order valence-corrected chi connectivity index (χ0v) is 18.5. The van der Waals surface area contributed by atoms with Crippen molar-refractivity contribution < 1.29 is 14.3 Å². The fourth-order valence-corrected chi connectivity index (χ4v) is 4.05. The maximum absolute atomic E-state index is 12.7. The molecule has 1 saturated heterocycles. The Morgan fingerprint density at radius 2 is 2.00 bits per heavy atom. The van der Waals surface area contributed by atoms with Gasteiger partial charge in [-0.15, -0.1) is 0 Å². The van der Waals surface area contributed by atoms with Crippen molar-refractivity contribution in [3.05, 3.63) is 46.4 Å². The number of carbonyl (C=O) groups is 1. The Morgan fingerprint density at radius 1 is 1.24 bits per heavy atom. The molecule has 2 aromatic rings. The number of carbonyl (C=O) groups excluding carboxylic acids is 1. The number of hydrogen-bond acceptors (Lipinski definition) is 5. The number of ether oxygens (including phenoxy) is 2. The first-order valence-corrected chi connectivity index (χ1v) is 10.7. The Kier molecular flexibility index (Phi) is 5.53. The Hall–Kier alpha value is -2.12. The number of aliphatic imine (C=N–C) groups is 1. The highest BCUT2D eigenvalue weighted by molar-refractivity contribution is 9.10. The minimum atomic E-state index is -0.534. The molecule has 154 valence electrons. The average molecular weight is 460 g/mol. The topological polar surface area (TPSA) is 63.2 Å². The van der Waals surface area contributed by atoms with E-state index in [1.807, 2.05) is 26.8 Å². The highest BCUT2D eigenvalue weighted by Gasteiger charge is 2.36. The Labute approximate surface area is 179 Å². The third-order valence-corrected chi connectivity index (χ3v) is 5.56. The number of halogens is 1. The molecule has 0 bridgehead atoms. The van der Waals surface area contributed by atoms with E-state index in [4.69, 9.17) is 14.5 Å². The Bertz CT molecular complexity index is 954. The molecule has 0 spiro atoms. The van der Waals surface area contributed by atoms with Crippen LogP contribution < -0.4 is 5.32 Å². The lowest BCUT2D eigenvalue weighted by Crippen LogP contribution is -2.56. The van der Waals surface area contributed by atoms with Crippen molar-refractivity contribution in [2.24, 2.45) is 4.99 Å². The van der Waals surface area contributed by atoms with Gasteiger partial charge in [-0.3, -0.25) is 9.89 Å². The zero-order chi connectivity index (χ0) is 20.6. The smallest absolute Gasteiger partial charge is 0.411 e. The van der Waals surface area contributed by atoms with Crippen molar-refractivity contribution in [3.63, 3.8) is 0 Å². The summed E-state index contributed by atoms with van der Waals surface area (Å²) in [7, 11) is 0. The van der Waals surface area contributed by atoms with Crippen LogP contribution in [-0.4, -0.2) is 54.8 Å². The van der Waals surface area contributed by atoms with E-state index in [1.54, 1.807) is 4.90 Å². The van der Waals surface area contributed by atoms with Crippen LogP contribution in [0, 0.1) is 0 Å². The maximum Gasteiger partial charge on any atom is 0.411 e. The van der Waals surface area contributed by atoms with Gasteiger partial charge >= 0.3 is 6.09 Å². The van der Waals surface area contributed by atoms with Crippen LogP contribution in [0.15, 0.2) is 45.9 Å². The molecule has 4 rings (SSSR count). The van der Waals surface area contributed by atoms with Gasteiger partial charge in [0.1, 0.15) is 17.5 Å². The van der Waals surface area contributed by atoms with Gasteiger partial charge in [-0.1, -0.05) is 34.1 Å². The number of rotatable bonds is 2. The number of fused-ring (bicyclic) bond motifs is 1. The predicted octanol–water partition coefficient (Wildman–Crippen LogP) is 4.28. The number of nitrogens with one attached hydrogen (secondary N) is 1. The lowest BCUT2D eigenvalue weighted by molar-refractivity contribution is -0.0184. The molecule has 1 N–H and O–H groups in total. The standard InChI is InChI=1S/C22H26BrN3O3/c1-22(2,3)29-21(27)26-8-9-28-13-19(26)20-24-12-18(25-20)16-5-4-15-11-17(23)7-6-14(15)10-16/h4-7,10-11,18-19H,8-9,12-13H2,1-3H3,(H,24,25)/t18?,19-/m0/s1. The highest BCUT2D eigenvalue weighted by atomic mass is 79.9. The van der Waals surface area contributed by atoms with Crippen LogP contribution in [-0.2, 0) is 9.47 Å². The molecule has 29 heavy (non-hydrogen) atoms. The molecule has 0 aliphatic carbocycles. The van der Waals surface area contributed by atoms with Gasteiger partial charge in [-0.05, 0) is 55.3 Å². The molecule has 0 saturated carbocycles. The van der Waals surface area contributed by atoms with Gasteiger partial charge in [-0.25, -0.2) is 4.79 Å². The number of benzene rings is 2. The van der Waals surface area contributed by atoms with Gasteiger partial charge in [0, 0.05) is 11.0 Å². The van der Waals surface area contributed by atoms with Crippen molar-refractivity contribution in [1.82, 2.24) is 10.2 Å². The molecule has 0 aromatic heterocycles. The monoisotopic (exact) mass is 459 g/mol. The molecule has 2 atom stereocenters. The average Bonchev–Trinajstić information content (AvgIpc) is 3.16. The van der Waals surface area contributed by atoms with E-state index in [-0.39, 0.29) is 18.2 Å². The highest BCUT2D eigenvalue weighted by Crippen LogP contribution is 2.26. The summed E-state index contributed by atoms with van der Waals surface area (Å²) in [5.41, 5.74) is 0.645. The largest absolute Gasteiger partial charge is 0.444 e. The first-order chi connectivity index (χ1) is 13.8. The van der Waals surface area contributed by atoms with Gasteiger partial charge in [0.15, 0.2) is 0 Å². The minimum absolute atomic E-state index is 0.0838. The lowest BCUT2D eigenvalue weighted by atomic mass is 10.0. The quantitative estimate of drug-likeness (QED) is 0.727. The summed E-state index contributed by atoms with van der Waals surface area (Å²) in [6, 6.07) is 12.6. The second kappa shape index (κ2) is 7.95. The summed E-state index contributed by atoms with van der Waals surface area (Å²) in [5.74, 6) is 0.788. The number of nitrogens with zero attached hydrogens (tertiary/aromatic N) is 2. The Morgan fingerprint density at radius 3 is 2.79 bits per heavy atom. The number of morpholine rings is 1. The van der Waals surface area contributed by atoms with Crippen molar-refractivity contribution >= 4 is 38.6 Å². The summed E-state index contributed by atoms with van der Waals surface area (Å²) in [6.07, 6.45) is -0.324. The van der Waals surface area contributed by atoms with E-state index in [2.05, 4.69) is 51.6 Å². The number of hydrogen-bond donors (Lipinski definition) is 1. The normalized spacial score (nSPS) is 22.3. The SMILES string of the molecule is CC(C)(C)OC(=O)N1CCOC[C@H]1C1=NCC(c2ccc3cc(Br)ccc3c2)N1. The van der Waals surface area contributed by atoms with E-state index < -0.39 is 5.60 Å². The summed E-state index contributed by atoms with van der Waals surface area (Å²) >= 11 is 3.52. The molecule has 7 heteroatoms. The van der Waals surface area contributed by atoms with Gasteiger partial charge in [0.2, 0.25) is 0 Å². The van der Waals surface area contributed by atoms with Gasteiger partial charge in [0.05, 0.1) is 25.8 Å². The molecule has 2 aliphatic heterocycles. The van der Waals surface area contributed by atoms with Gasteiger partial charge in [0.25, 0.3) is 0 Å². The van der Waals surface area contributed by atoms with Crippen LogP contribution in [0.1, 0.15) is 32.4 Å². The van der Waals surface area contributed by atoms with E-state index in [0.29, 0.717) is 26.3 Å². The molecule has 1 amide bonds. The van der Waals surface area contributed by atoms with Crippen LogP contribution >= 0.6 is 15.9 Å². The van der Waals surface area contributed by atoms with Gasteiger partial charge in [-0.2, -0.15) is 0 Å².